The Morgan fingerprint density at radius 2 is 2.04 bits per heavy atom. The van der Waals surface area contributed by atoms with E-state index in [1.54, 1.807) is 10.7 Å². The molecular weight excluding hydrogens is 388 g/mol. The van der Waals surface area contributed by atoms with Crippen LogP contribution in [0, 0.1) is 13.8 Å². The molecular formula is C18H15ClN4O5. The third-order valence-corrected chi connectivity index (χ3v) is 3.89. The lowest BCUT2D eigenvalue weighted by Crippen LogP contribution is -2.34. The van der Waals surface area contributed by atoms with Crippen LogP contribution in [0.2, 0.25) is 5.02 Å². The van der Waals surface area contributed by atoms with Gasteiger partial charge in [-0.05, 0) is 44.2 Å². The van der Waals surface area contributed by atoms with E-state index < -0.39 is 24.4 Å². The van der Waals surface area contributed by atoms with Crippen LogP contribution >= 0.6 is 11.6 Å². The number of amides is 2. The zero-order valence-corrected chi connectivity index (χ0v) is 15.7. The minimum absolute atomic E-state index is 0.0398. The van der Waals surface area contributed by atoms with Gasteiger partial charge in [0.05, 0.1) is 17.0 Å². The van der Waals surface area contributed by atoms with Crippen molar-refractivity contribution < 1.29 is 23.5 Å². The Bertz CT molecular complexity index is 1040. The van der Waals surface area contributed by atoms with Crippen molar-refractivity contribution in [3.8, 4) is 5.82 Å². The number of aromatic nitrogens is 3. The number of imide groups is 1. The topological polar surface area (TPSA) is 116 Å². The van der Waals surface area contributed by atoms with Gasteiger partial charge in [-0.15, -0.1) is 0 Å². The van der Waals surface area contributed by atoms with E-state index in [4.69, 9.17) is 20.8 Å². The van der Waals surface area contributed by atoms with Crippen molar-refractivity contribution in [3.63, 3.8) is 0 Å². The maximum Gasteiger partial charge on any atom is 0.359 e. The van der Waals surface area contributed by atoms with Crippen molar-refractivity contribution >= 4 is 29.4 Å². The molecule has 0 aliphatic carbocycles. The highest BCUT2D eigenvalue weighted by Gasteiger charge is 2.19. The Hall–Kier alpha value is -3.46. The van der Waals surface area contributed by atoms with Crippen LogP contribution in [0.1, 0.15) is 32.4 Å². The SMILES string of the molecule is Cc1cc(C)n(-c2ccc(Cl)c(C(=O)OCC(=O)NC(=O)c3ccco3)n2)n1. The molecule has 0 saturated heterocycles. The van der Waals surface area contributed by atoms with Crippen LogP contribution < -0.4 is 5.32 Å². The molecule has 2 amide bonds. The lowest BCUT2D eigenvalue weighted by molar-refractivity contribution is -0.123. The molecule has 0 saturated carbocycles. The number of pyridine rings is 1. The summed E-state index contributed by atoms with van der Waals surface area (Å²) in [6.45, 7) is 2.99. The molecule has 144 valence electrons. The highest BCUT2D eigenvalue weighted by molar-refractivity contribution is 6.33. The van der Waals surface area contributed by atoms with Gasteiger partial charge in [-0.3, -0.25) is 14.9 Å². The van der Waals surface area contributed by atoms with Gasteiger partial charge in [-0.2, -0.15) is 5.10 Å². The molecule has 0 aliphatic heterocycles. The number of furan rings is 1. The summed E-state index contributed by atoms with van der Waals surface area (Å²) in [5.74, 6) is -2.13. The van der Waals surface area contributed by atoms with Crippen LogP contribution in [0.5, 0.6) is 0 Å². The number of carbonyl (C=O) groups excluding carboxylic acids is 3. The first kappa shape index (κ1) is 19.3. The summed E-state index contributed by atoms with van der Waals surface area (Å²) in [5.41, 5.74) is 1.44. The number of esters is 1. The number of aryl methyl sites for hydroxylation is 2. The molecule has 9 nitrogen and oxygen atoms in total. The Labute approximate surface area is 164 Å². The fourth-order valence-corrected chi connectivity index (χ4v) is 2.57. The van der Waals surface area contributed by atoms with Crippen molar-refractivity contribution in [2.45, 2.75) is 13.8 Å². The van der Waals surface area contributed by atoms with Crippen molar-refractivity contribution in [2.75, 3.05) is 6.61 Å². The van der Waals surface area contributed by atoms with Gasteiger partial charge in [0.2, 0.25) is 0 Å². The third kappa shape index (κ3) is 4.26. The fourth-order valence-electron chi connectivity index (χ4n) is 2.39. The average Bonchev–Trinajstić information content (AvgIpc) is 3.30. The highest BCUT2D eigenvalue weighted by Crippen LogP contribution is 2.18. The molecule has 3 aromatic rings. The van der Waals surface area contributed by atoms with Gasteiger partial charge in [-0.1, -0.05) is 11.6 Å². The van der Waals surface area contributed by atoms with Crippen LogP contribution in [0.15, 0.2) is 41.0 Å². The number of rotatable bonds is 5. The number of nitrogens with zero attached hydrogens (tertiary/aromatic N) is 3. The van der Waals surface area contributed by atoms with E-state index in [2.05, 4.69) is 10.1 Å². The molecule has 28 heavy (non-hydrogen) atoms. The number of ether oxygens (including phenoxy) is 1. The molecule has 0 unspecified atom stereocenters. The fraction of sp³-hybridized carbons (Fsp3) is 0.167. The largest absolute Gasteiger partial charge is 0.459 e. The molecule has 0 fully saturated rings. The molecule has 3 rings (SSSR count). The Balaban J connectivity index is 1.67. The van der Waals surface area contributed by atoms with Gasteiger partial charge in [0.15, 0.2) is 23.9 Å². The summed E-state index contributed by atoms with van der Waals surface area (Å²) in [4.78, 5) is 40.0. The Morgan fingerprint density at radius 3 is 2.68 bits per heavy atom. The van der Waals surface area contributed by atoms with E-state index in [1.165, 1.54) is 24.5 Å². The van der Waals surface area contributed by atoms with Gasteiger partial charge in [0.1, 0.15) is 0 Å². The predicted molar refractivity (Wildman–Crippen MR) is 97.3 cm³/mol. The molecule has 0 spiro atoms. The minimum atomic E-state index is -0.908. The number of carbonyl (C=O) groups is 3. The Kier molecular flexibility index (Phi) is 5.55. The van der Waals surface area contributed by atoms with Gasteiger partial charge >= 0.3 is 5.97 Å². The van der Waals surface area contributed by atoms with Crippen molar-refractivity contribution in [1.82, 2.24) is 20.1 Å². The first-order valence-corrected chi connectivity index (χ1v) is 8.48. The number of nitrogens with one attached hydrogen (secondary N) is 1. The molecule has 0 radical (unpaired) electrons. The number of hydrogen-bond donors (Lipinski definition) is 1. The van der Waals surface area contributed by atoms with Crippen LogP contribution in [-0.4, -0.2) is 39.2 Å². The summed E-state index contributed by atoms with van der Waals surface area (Å²) < 4.78 is 11.3. The molecule has 0 atom stereocenters. The predicted octanol–water partition coefficient (Wildman–Crippen LogP) is 2.24. The van der Waals surface area contributed by atoms with Gasteiger partial charge in [-0.25, -0.2) is 14.5 Å². The van der Waals surface area contributed by atoms with E-state index in [1.807, 2.05) is 25.2 Å². The second kappa shape index (κ2) is 8.05. The second-order valence-corrected chi connectivity index (χ2v) is 6.18. The standard InChI is InChI=1S/C18H15ClN4O5/c1-10-8-11(2)23(22-10)14-6-5-12(19)16(20-14)18(26)28-9-15(24)21-17(25)13-4-3-7-27-13/h3-8H,9H2,1-2H3,(H,21,24,25). The monoisotopic (exact) mass is 402 g/mol. The summed E-state index contributed by atoms with van der Waals surface area (Å²) in [6, 6.07) is 7.84. The molecule has 0 aliphatic rings. The van der Waals surface area contributed by atoms with Crippen LogP contribution in [0.25, 0.3) is 5.82 Å². The number of hydrogen-bond acceptors (Lipinski definition) is 7. The van der Waals surface area contributed by atoms with Gasteiger partial charge in [0.25, 0.3) is 11.8 Å². The van der Waals surface area contributed by atoms with Crippen LogP contribution in [0.4, 0.5) is 0 Å². The smallest absolute Gasteiger partial charge is 0.359 e. The normalized spacial score (nSPS) is 10.5. The lowest BCUT2D eigenvalue weighted by atomic mass is 10.3. The van der Waals surface area contributed by atoms with E-state index in [0.717, 1.165) is 11.4 Å². The second-order valence-electron chi connectivity index (χ2n) is 5.77. The zero-order valence-electron chi connectivity index (χ0n) is 14.9. The minimum Gasteiger partial charge on any atom is -0.459 e. The molecule has 0 aromatic carbocycles. The Morgan fingerprint density at radius 1 is 1.25 bits per heavy atom. The van der Waals surface area contributed by atoms with E-state index >= 15 is 0 Å². The van der Waals surface area contributed by atoms with Gasteiger partial charge in [0, 0.05) is 5.69 Å². The van der Waals surface area contributed by atoms with E-state index in [0.29, 0.717) is 5.82 Å². The summed E-state index contributed by atoms with van der Waals surface area (Å²) in [6.07, 6.45) is 1.29. The molecule has 3 heterocycles. The maximum absolute atomic E-state index is 12.3. The van der Waals surface area contributed by atoms with Gasteiger partial charge < -0.3 is 9.15 Å². The van der Waals surface area contributed by atoms with Crippen molar-refractivity contribution in [1.29, 1.82) is 0 Å². The average molecular weight is 403 g/mol. The highest BCUT2D eigenvalue weighted by atomic mass is 35.5. The van der Waals surface area contributed by atoms with Crippen LogP contribution in [-0.2, 0) is 9.53 Å². The van der Waals surface area contributed by atoms with E-state index in [9.17, 15) is 14.4 Å². The van der Waals surface area contributed by atoms with E-state index in [-0.39, 0.29) is 16.5 Å². The van der Waals surface area contributed by atoms with Crippen molar-refractivity contribution in [3.05, 3.63) is 64.5 Å². The van der Waals surface area contributed by atoms with Crippen LogP contribution in [0.3, 0.4) is 0 Å². The first-order valence-electron chi connectivity index (χ1n) is 8.10. The summed E-state index contributed by atoms with van der Waals surface area (Å²) in [5, 5.41) is 6.38. The third-order valence-electron chi connectivity index (χ3n) is 3.58. The number of halogens is 1. The molecule has 10 heteroatoms. The summed E-state index contributed by atoms with van der Waals surface area (Å²) >= 11 is 6.03. The zero-order chi connectivity index (χ0) is 20.3. The maximum atomic E-state index is 12.3. The lowest BCUT2D eigenvalue weighted by Gasteiger charge is -2.08. The van der Waals surface area contributed by atoms with Crippen molar-refractivity contribution in [2.24, 2.45) is 0 Å². The summed E-state index contributed by atoms with van der Waals surface area (Å²) in [7, 11) is 0. The molecule has 1 N–H and O–H groups in total. The molecule has 0 bridgehead atoms. The molecule has 3 aromatic heterocycles. The quantitative estimate of drug-likeness (QED) is 0.650. The first-order chi connectivity index (χ1) is 13.3.